The maximum atomic E-state index is 6.98. The first-order valence-corrected chi connectivity index (χ1v) is 7.64. The minimum absolute atomic E-state index is 0.498. The molecule has 0 saturated carbocycles. The monoisotopic (exact) mass is 242 g/mol. The van der Waals surface area contributed by atoms with Crippen LogP contribution in [-0.4, -0.2) is 19.8 Å². The maximum absolute atomic E-state index is 6.98. The van der Waals surface area contributed by atoms with Crippen LogP contribution in [0.25, 0.3) is 0 Å². The van der Waals surface area contributed by atoms with Crippen molar-refractivity contribution in [3.63, 3.8) is 0 Å². The zero-order valence-corrected chi connectivity index (χ0v) is 11.8. The van der Waals surface area contributed by atoms with E-state index in [1.807, 2.05) is 0 Å². The minimum atomic E-state index is 0.498. The standard InChI is InChI=1S/C15H32NO/c1-2-3-4-5-6-7-8-9-10-11-14-17-15-12-13-16/h16H,2-15H2,1H3. The molecule has 0 aliphatic carbocycles. The average Bonchev–Trinajstić information content (AvgIpc) is 2.35. The second-order valence-corrected chi connectivity index (χ2v) is 4.90. The molecule has 0 spiro atoms. The van der Waals surface area contributed by atoms with Gasteiger partial charge in [0, 0.05) is 19.8 Å². The number of hydrogen-bond donors (Lipinski definition) is 0. The molecule has 0 rings (SSSR count). The first-order valence-electron chi connectivity index (χ1n) is 7.64. The van der Waals surface area contributed by atoms with Crippen molar-refractivity contribution in [2.45, 2.75) is 77.6 Å². The predicted octanol–water partition coefficient (Wildman–Crippen LogP) is 4.60. The Labute approximate surface area is 108 Å². The summed E-state index contributed by atoms with van der Waals surface area (Å²) in [5, 5.41) is 0. The summed E-state index contributed by atoms with van der Waals surface area (Å²) in [6.45, 7) is 4.45. The summed E-state index contributed by atoms with van der Waals surface area (Å²) in [7, 11) is 0. The Bertz CT molecular complexity index is 114. The van der Waals surface area contributed by atoms with E-state index in [4.69, 9.17) is 10.5 Å². The fourth-order valence-corrected chi connectivity index (χ4v) is 1.97. The van der Waals surface area contributed by atoms with E-state index >= 15 is 0 Å². The third-order valence-corrected chi connectivity index (χ3v) is 3.11. The van der Waals surface area contributed by atoms with E-state index in [1.54, 1.807) is 0 Å². The van der Waals surface area contributed by atoms with Gasteiger partial charge in [-0.05, 0) is 12.8 Å². The molecule has 0 aromatic carbocycles. The Hall–Kier alpha value is -0.0800. The third kappa shape index (κ3) is 15.9. The van der Waals surface area contributed by atoms with Crippen LogP contribution in [0.1, 0.15) is 77.6 Å². The second-order valence-electron chi connectivity index (χ2n) is 4.90. The molecule has 0 aliphatic heterocycles. The highest BCUT2D eigenvalue weighted by atomic mass is 16.5. The molecule has 0 atom stereocenters. The van der Waals surface area contributed by atoms with Crippen molar-refractivity contribution in [3.05, 3.63) is 0 Å². The lowest BCUT2D eigenvalue weighted by molar-refractivity contribution is 0.128. The van der Waals surface area contributed by atoms with Crippen LogP contribution in [0.4, 0.5) is 0 Å². The van der Waals surface area contributed by atoms with E-state index in [-0.39, 0.29) is 0 Å². The van der Waals surface area contributed by atoms with Crippen LogP contribution in [-0.2, 0) is 4.74 Å². The van der Waals surface area contributed by atoms with Gasteiger partial charge in [-0.25, -0.2) is 0 Å². The molecule has 0 aromatic rings. The molecule has 0 aliphatic rings. The highest BCUT2D eigenvalue weighted by molar-refractivity contribution is 4.47. The highest BCUT2D eigenvalue weighted by Gasteiger charge is 1.93. The van der Waals surface area contributed by atoms with Crippen LogP contribution in [0.5, 0.6) is 0 Å². The van der Waals surface area contributed by atoms with Gasteiger partial charge in [-0.3, -0.25) is 5.73 Å². The van der Waals surface area contributed by atoms with Gasteiger partial charge in [0.1, 0.15) is 0 Å². The van der Waals surface area contributed by atoms with Crippen LogP contribution in [0, 0.1) is 0 Å². The van der Waals surface area contributed by atoms with E-state index in [9.17, 15) is 0 Å². The Morgan fingerprint density at radius 2 is 1.12 bits per heavy atom. The van der Waals surface area contributed by atoms with Gasteiger partial charge in [-0.15, -0.1) is 0 Å². The largest absolute Gasteiger partial charge is 0.381 e. The summed E-state index contributed by atoms with van der Waals surface area (Å²) < 4.78 is 5.43. The van der Waals surface area contributed by atoms with Gasteiger partial charge in [0.2, 0.25) is 0 Å². The van der Waals surface area contributed by atoms with Crippen molar-refractivity contribution in [2.75, 3.05) is 19.8 Å². The fraction of sp³-hybridized carbons (Fsp3) is 1.00. The molecule has 0 aromatic heterocycles. The van der Waals surface area contributed by atoms with Crippen LogP contribution < -0.4 is 5.73 Å². The highest BCUT2D eigenvalue weighted by Crippen LogP contribution is 2.10. The quantitative estimate of drug-likeness (QED) is 0.410. The molecular formula is C15H32NO. The van der Waals surface area contributed by atoms with Gasteiger partial charge in [0.25, 0.3) is 0 Å². The topological polar surface area (TPSA) is 33.0 Å². The van der Waals surface area contributed by atoms with E-state index in [0.29, 0.717) is 6.54 Å². The molecule has 0 fully saturated rings. The van der Waals surface area contributed by atoms with Crippen LogP contribution in [0.3, 0.4) is 0 Å². The molecule has 103 valence electrons. The normalized spacial score (nSPS) is 10.9. The fourth-order valence-electron chi connectivity index (χ4n) is 1.97. The van der Waals surface area contributed by atoms with Gasteiger partial charge in [-0.1, -0.05) is 64.7 Å². The Morgan fingerprint density at radius 3 is 1.65 bits per heavy atom. The Morgan fingerprint density at radius 1 is 0.647 bits per heavy atom. The molecule has 17 heavy (non-hydrogen) atoms. The maximum Gasteiger partial charge on any atom is 0.0478 e. The lowest BCUT2D eigenvalue weighted by atomic mass is 10.1. The lowest BCUT2D eigenvalue weighted by Crippen LogP contribution is -1.99. The number of ether oxygens (including phenoxy) is 1. The molecule has 0 saturated heterocycles. The van der Waals surface area contributed by atoms with Crippen molar-refractivity contribution in [1.29, 1.82) is 0 Å². The van der Waals surface area contributed by atoms with E-state index < -0.39 is 0 Å². The van der Waals surface area contributed by atoms with Crippen LogP contribution in [0.15, 0.2) is 0 Å². The predicted molar refractivity (Wildman–Crippen MR) is 75.2 cm³/mol. The second kappa shape index (κ2) is 15.9. The van der Waals surface area contributed by atoms with Crippen molar-refractivity contribution in [2.24, 2.45) is 0 Å². The van der Waals surface area contributed by atoms with E-state index in [2.05, 4.69) is 6.92 Å². The molecule has 0 amide bonds. The van der Waals surface area contributed by atoms with Crippen molar-refractivity contribution in [3.8, 4) is 0 Å². The van der Waals surface area contributed by atoms with Crippen molar-refractivity contribution >= 4 is 0 Å². The lowest BCUT2D eigenvalue weighted by Gasteiger charge is -2.03. The molecule has 2 nitrogen and oxygen atoms in total. The molecule has 0 heterocycles. The third-order valence-electron chi connectivity index (χ3n) is 3.11. The molecule has 0 unspecified atom stereocenters. The first-order chi connectivity index (χ1) is 8.41. The molecule has 0 bridgehead atoms. The van der Waals surface area contributed by atoms with E-state index in [1.165, 1.54) is 64.2 Å². The summed E-state index contributed by atoms with van der Waals surface area (Å²) in [5.74, 6) is 0. The Kier molecular flexibility index (Phi) is 15.8. The number of unbranched alkanes of at least 4 members (excludes halogenated alkanes) is 9. The number of rotatable bonds is 14. The number of hydrogen-bond acceptors (Lipinski definition) is 1. The number of nitrogens with one attached hydrogen (secondary N) is 1. The zero-order chi connectivity index (χ0) is 12.6. The average molecular weight is 242 g/mol. The molecular weight excluding hydrogens is 210 g/mol. The van der Waals surface area contributed by atoms with Gasteiger partial charge in [-0.2, -0.15) is 0 Å². The van der Waals surface area contributed by atoms with Crippen molar-refractivity contribution < 1.29 is 4.74 Å². The van der Waals surface area contributed by atoms with Gasteiger partial charge < -0.3 is 4.74 Å². The van der Waals surface area contributed by atoms with Crippen LogP contribution in [0.2, 0.25) is 0 Å². The summed E-state index contributed by atoms with van der Waals surface area (Å²) in [4.78, 5) is 0. The summed E-state index contributed by atoms with van der Waals surface area (Å²) in [6.07, 6.45) is 14.7. The molecule has 1 N–H and O–H groups in total. The summed E-state index contributed by atoms with van der Waals surface area (Å²) in [6, 6.07) is 0. The van der Waals surface area contributed by atoms with Gasteiger partial charge >= 0.3 is 0 Å². The van der Waals surface area contributed by atoms with Gasteiger partial charge in [0.15, 0.2) is 0 Å². The van der Waals surface area contributed by atoms with Crippen LogP contribution >= 0.6 is 0 Å². The van der Waals surface area contributed by atoms with Gasteiger partial charge in [0.05, 0.1) is 0 Å². The van der Waals surface area contributed by atoms with Crippen molar-refractivity contribution in [1.82, 2.24) is 5.73 Å². The molecule has 1 radical (unpaired) electrons. The smallest absolute Gasteiger partial charge is 0.0478 e. The van der Waals surface area contributed by atoms with E-state index in [0.717, 1.165) is 19.6 Å². The minimum Gasteiger partial charge on any atom is -0.381 e. The zero-order valence-electron chi connectivity index (χ0n) is 11.8. The summed E-state index contributed by atoms with van der Waals surface area (Å²) >= 11 is 0. The SMILES string of the molecule is CCCCCCCCCCCCOCCC[NH]. The Balaban J connectivity index is 2.85. The first kappa shape index (κ1) is 16.9. The summed E-state index contributed by atoms with van der Waals surface area (Å²) in [5.41, 5.74) is 6.98. The molecule has 2 heteroatoms.